The van der Waals surface area contributed by atoms with E-state index in [-0.39, 0.29) is 92.1 Å². The van der Waals surface area contributed by atoms with E-state index in [4.69, 9.17) is 23.7 Å². The molecule has 1 fully saturated rings. The van der Waals surface area contributed by atoms with Crippen molar-refractivity contribution in [2.45, 2.75) is 188 Å². The van der Waals surface area contributed by atoms with Gasteiger partial charge in [0, 0.05) is 64.7 Å². The van der Waals surface area contributed by atoms with Gasteiger partial charge in [-0.05, 0) is 75.2 Å². The molecule has 3 aliphatic rings. The summed E-state index contributed by atoms with van der Waals surface area (Å²) in [5, 5.41) is 33.0. The molecule has 1 saturated heterocycles. The first-order valence-corrected chi connectivity index (χ1v) is 25.9. The van der Waals surface area contributed by atoms with E-state index in [0.29, 0.717) is 38.0 Å². The highest BCUT2D eigenvalue weighted by Gasteiger charge is 2.32. The number of carbonyl (C=O) groups is 4. The fraction of sp³-hybridized carbons (Fsp3) is 0.655. The van der Waals surface area contributed by atoms with Gasteiger partial charge in [-0.3, -0.25) is 14.4 Å². The number of aliphatic hydroxyl groups is 3. The molecule has 0 spiro atoms. The second-order valence-electron chi connectivity index (χ2n) is 20.6. The summed E-state index contributed by atoms with van der Waals surface area (Å²) < 4.78 is 28.6. The zero-order valence-electron chi connectivity index (χ0n) is 44.1. The fourth-order valence-corrected chi connectivity index (χ4v) is 9.55. The summed E-state index contributed by atoms with van der Waals surface area (Å²) in [6.07, 6.45) is 25.3. The first-order chi connectivity index (χ1) is 33.3. The van der Waals surface area contributed by atoms with Crippen LogP contribution in [0.1, 0.15) is 145 Å². The number of methoxy groups -OCH3 is 2. The van der Waals surface area contributed by atoms with E-state index in [1.165, 1.54) is 6.08 Å². The molecular formula is C58H88O12. The Hall–Kier alpha value is -4.20. The Morgan fingerprint density at radius 2 is 1.44 bits per heavy atom. The van der Waals surface area contributed by atoms with E-state index in [9.17, 15) is 34.5 Å². The zero-order valence-corrected chi connectivity index (χ0v) is 44.1. The van der Waals surface area contributed by atoms with Crippen LogP contribution >= 0.6 is 0 Å². The van der Waals surface area contributed by atoms with Crippen LogP contribution in [0.5, 0.6) is 0 Å². The predicted molar refractivity (Wildman–Crippen MR) is 275 cm³/mol. The van der Waals surface area contributed by atoms with Crippen LogP contribution in [0, 0.1) is 35.5 Å². The summed E-state index contributed by atoms with van der Waals surface area (Å²) in [7, 11) is 3.23. The minimum Gasteiger partial charge on any atom is -0.460 e. The van der Waals surface area contributed by atoms with Crippen molar-refractivity contribution in [1.82, 2.24) is 0 Å². The second-order valence-corrected chi connectivity index (χ2v) is 20.6. The van der Waals surface area contributed by atoms with E-state index in [1.54, 1.807) is 26.4 Å². The topological polar surface area (TPSA) is 175 Å². The van der Waals surface area contributed by atoms with Crippen LogP contribution in [0.4, 0.5) is 0 Å². The summed E-state index contributed by atoms with van der Waals surface area (Å²) in [5.74, 6) is -0.848. The molecular weight excluding hydrogens is 889 g/mol. The highest BCUT2D eigenvalue weighted by atomic mass is 16.6. The van der Waals surface area contributed by atoms with Gasteiger partial charge < -0.3 is 39.0 Å². The quantitative estimate of drug-likeness (QED) is 0.138. The summed E-state index contributed by atoms with van der Waals surface area (Å²) in [4.78, 5) is 51.4. The lowest BCUT2D eigenvalue weighted by atomic mass is 9.82. The van der Waals surface area contributed by atoms with Crippen molar-refractivity contribution in [1.29, 1.82) is 0 Å². The number of hydrogen-bond acceptors (Lipinski definition) is 12. The molecule has 12 heteroatoms. The van der Waals surface area contributed by atoms with Crippen LogP contribution in [0.25, 0.3) is 0 Å². The van der Waals surface area contributed by atoms with E-state index in [2.05, 4.69) is 26.8 Å². The van der Waals surface area contributed by atoms with Crippen molar-refractivity contribution in [2.75, 3.05) is 20.8 Å². The Bertz CT molecular complexity index is 1900. The Morgan fingerprint density at radius 1 is 0.729 bits per heavy atom. The summed E-state index contributed by atoms with van der Waals surface area (Å²) in [6.45, 7) is 16.4. The van der Waals surface area contributed by atoms with E-state index < -0.39 is 42.6 Å². The summed E-state index contributed by atoms with van der Waals surface area (Å²) in [5.41, 5.74) is 3.55. The number of rotatable bonds is 4. The molecule has 70 heavy (non-hydrogen) atoms. The first-order valence-electron chi connectivity index (χ1n) is 25.9. The number of allylic oxidation sites excluding steroid dienone is 9. The van der Waals surface area contributed by atoms with Gasteiger partial charge >= 0.3 is 17.9 Å². The van der Waals surface area contributed by atoms with Crippen LogP contribution < -0.4 is 0 Å². The number of hydrogen-bond donors (Lipinski definition) is 3. The normalized spacial score (nSPS) is 33.4. The molecule has 0 amide bonds. The Balaban J connectivity index is 1.76. The van der Waals surface area contributed by atoms with Crippen molar-refractivity contribution in [3.63, 3.8) is 0 Å². The summed E-state index contributed by atoms with van der Waals surface area (Å²) >= 11 is 0. The molecule has 392 valence electrons. The van der Waals surface area contributed by atoms with Crippen LogP contribution in [0.2, 0.25) is 0 Å². The average molecular weight is 977 g/mol. The van der Waals surface area contributed by atoms with Gasteiger partial charge in [-0.2, -0.15) is 0 Å². The Morgan fingerprint density at radius 3 is 2.16 bits per heavy atom. The minimum absolute atomic E-state index is 0.0204. The average Bonchev–Trinajstić information content (AvgIpc) is 3.28. The smallest absolute Gasteiger partial charge is 0.330 e. The number of Topliss-reactive ketones (excluding diaryl/α,β-unsaturated/α-hetero) is 1. The standard InChI is InChI=1S/C58H88O12/c1-11-45-20-14-12-13-15-22-48(59)31-46-32-51(68-57(64)33-46)36-54(67-10)42(6)25-24-41(5)43(7)53(62)35-49(60)23-17-21-47-34-58(65)70-55(44(47)8)28-40(4)27-52(37-66-9)69-56(63)29-39(3)19-16-18-38(2)26-50(61)30-45/h12-19,21,23,28,33,39,41-45,49-55,60-62H,11,20,22,24-27,29-32,34-37H2,1-10H3. The van der Waals surface area contributed by atoms with Gasteiger partial charge in [0.25, 0.3) is 0 Å². The van der Waals surface area contributed by atoms with Gasteiger partial charge in [0.2, 0.25) is 0 Å². The molecule has 0 saturated carbocycles. The first kappa shape index (κ1) is 60.1. The third kappa shape index (κ3) is 22.9. The summed E-state index contributed by atoms with van der Waals surface area (Å²) in [6, 6.07) is 0. The van der Waals surface area contributed by atoms with Gasteiger partial charge in [-0.15, -0.1) is 0 Å². The van der Waals surface area contributed by atoms with Crippen LogP contribution in [-0.2, 0) is 42.9 Å². The SMILES string of the molecule is CCC1CC=CC=CCC(=O)CC2=CC(=O)OC(C2)CC(OC)C(C)CCC(C)C(C)C(O)CC(O)C=CC=C2CC(=O)OC(C=C(C)CC(COC)OC(=O)CC(C)C=CC=C(C)CC(O)C1)C2C. The predicted octanol–water partition coefficient (Wildman–Crippen LogP) is 10.3. The largest absolute Gasteiger partial charge is 0.460 e. The molecule has 3 aliphatic heterocycles. The van der Waals surface area contributed by atoms with Gasteiger partial charge in [0.1, 0.15) is 24.1 Å². The number of carbonyl (C=O) groups excluding carboxylic acids is 4. The molecule has 0 aliphatic carbocycles. The molecule has 0 radical (unpaired) electrons. The van der Waals surface area contributed by atoms with Crippen molar-refractivity contribution in [3.05, 3.63) is 95.2 Å². The minimum atomic E-state index is -0.897. The molecule has 3 rings (SSSR count). The lowest BCUT2D eigenvalue weighted by molar-refractivity contribution is -0.152. The molecule has 12 nitrogen and oxygen atoms in total. The maximum atomic E-state index is 13.1. The molecule has 0 aromatic carbocycles. The molecule has 3 heterocycles. The third-order valence-electron chi connectivity index (χ3n) is 14.3. The van der Waals surface area contributed by atoms with E-state index in [0.717, 1.165) is 48.0 Å². The fourth-order valence-electron chi connectivity index (χ4n) is 9.55. The zero-order chi connectivity index (χ0) is 51.8. The van der Waals surface area contributed by atoms with Crippen molar-refractivity contribution in [2.24, 2.45) is 35.5 Å². The van der Waals surface area contributed by atoms with Gasteiger partial charge in [-0.25, -0.2) is 4.79 Å². The van der Waals surface area contributed by atoms with Gasteiger partial charge in [0.15, 0.2) is 0 Å². The van der Waals surface area contributed by atoms with E-state index >= 15 is 0 Å². The molecule has 4 bridgehead atoms. The molecule has 0 aromatic heterocycles. The highest BCUT2D eigenvalue weighted by molar-refractivity contribution is 5.88. The Labute approximate surface area is 420 Å². The molecule has 13 atom stereocenters. The van der Waals surface area contributed by atoms with Crippen LogP contribution in [-0.4, -0.2) is 103 Å². The van der Waals surface area contributed by atoms with Crippen LogP contribution in [0.3, 0.4) is 0 Å². The maximum absolute atomic E-state index is 13.1. The van der Waals surface area contributed by atoms with Gasteiger partial charge in [0.05, 0.1) is 43.9 Å². The second kappa shape index (κ2) is 32.0. The van der Waals surface area contributed by atoms with E-state index in [1.807, 2.05) is 83.2 Å². The lowest BCUT2D eigenvalue weighted by Crippen LogP contribution is -2.32. The molecule has 3 N–H and O–H groups in total. The van der Waals surface area contributed by atoms with Crippen molar-refractivity contribution >= 4 is 23.7 Å². The number of ether oxygens (including phenoxy) is 5. The number of cyclic esters (lactones) is 1. The maximum Gasteiger partial charge on any atom is 0.330 e. The third-order valence-corrected chi connectivity index (χ3v) is 14.3. The Kier molecular flexibility index (Phi) is 27.5. The molecule has 13 unspecified atom stereocenters. The van der Waals surface area contributed by atoms with Crippen LogP contribution in [0.15, 0.2) is 95.2 Å². The van der Waals surface area contributed by atoms with Gasteiger partial charge in [-0.1, -0.05) is 137 Å². The number of esters is 3. The number of ketones is 1. The number of fused-ring (bicyclic) bond motifs is 4. The molecule has 0 aromatic rings. The monoisotopic (exact) mass is 977 g/mol. The highest BCUT2D eigenvalue weighted by Crippen LogP contribution is 2.32. The van der Waals surface area contributed by atoms with Crippen molar-refractivity contribution in [3.8, 4) is 0 Å². The van der Waals surface area contributed by atoms with Crippen molar-refractivity contribution < 1.29 is 58.2 Å². The lowest BCUT2D eigenvalue weighted by Gasteiger charge is -2.31. The number of aliphatic hydroxyl groups excluding tert-OH is 3.